The largest absolute Gasteiger partial charge is 0.351 e. The molecule has 5 nitrogen and oxygen atoms in total. The normalized spacial score (nSPS) is 10.5. The summed E-state index contributed by atoms with van der Waals surface area (Å²) in [4.78, 5) is 29.5. The number of pyridine rings is 1. The maximum Gasteiger partial charge on any atom is 0.257 e. The van der Waals surface area contributed by atoms with E-state index in [9.17, 15) is 9.59 Å². The predicted octanol–water partition coefficient (Wildman–Crippen LogP) is 4.78. The van der Waals surface area contributed by atoms with Crippen LogP contribution in [0.25, 0.3) is 0 Å². The van der Waals surface area contributed by atoms with Gasteiger partial charge in [-0.2, -0.15) is 0 Å². The standard InChI is InChI=1S/C27H23N3O2/c31-26(23-14-8-16-28-19-23)30-24-15-7-9-20(17-24)18-29-27(32)25(21-10-3-1-4-11-21)22-12-5-2-6-13-22/h1-17,19,25H,18H2,(H,29,32)(H,30,31). The molecule has 2 N–H and O–H groups in total. The number of carbonyl (C=O) groups is 2. The molecule has 0 aliphatic heterocycles. The van der Waals surface area contributed by atoms with Gasteiger partial charge in [-0.05, 0) is 41.0 Å². The van der Waals surface area contributed by atoms with E-state index in [4.69, 9.17) is 0 Å². The quantitative estimate of drug-likeness (QED) is 0.451. The number of hydrogen-bond donors (Lipinski definition) is 2. The van der Waals surface area contributed by atoms with E-state index in [-0.39, 0.29) is 11.8 Å². The number of aromatic nitrogens is 1. The van der Waals surface area contributed by atoms with Gasteiger partial charge in [-0.15, -0.1) is 0 Å². The molecule has 3 aromatic carbocycles. The zero-order chi connectivity index (χ0) is 22.2. The van der Waals surface area contributed by atoms with Gasteiger partial charge in [-0.1, -0.05) is 72.8 Å². The van der Waals surface area contributed by atoms with Gasteiger partial charge in [0.1, 0.15) is 0 Å². The molecule has 0 atom stereocenters. The summed E-state index contributed by atoms with van der Waals surface area (Å²) in [5.74, 6) is -0.703. The average molecular weight is 422 g/mol. The van der Waals surface area contributed by atoms with Crippen molar-refractivity contribution in [2.75, 3.05) is 5.32 Å². The molecule has 0 bridgehead atoms. The molecular weight excluding hydrogens is 398 g/mol. The number of nitrogens with zero attached hydrogens (tertiary/aromatic N) is 1. The summed E-state index contributed by atoms with van der Waals surface area (Å²) in [5.41, 5.74) is 3.91. The van der Waals surface area contributed by atoms with Gasteiger partial charge in [0, 0.05) is 24.6 Å². The highest BCUT2D eigenvalue weighted by Crippen LogP contribution is 2.25. The molecule has 1 heterocycles. The zero-order valence-electron chi connectivity index (χ0n) is 17.4. The lowest BCUT2D eigenvalue weighted by Crippen LogP contribution is -2.29. The summed E-state index contributed by atoms with van der Waals surface area (Å²) < 4.78 is 0. The first kappa shape index (κ1) is 21.0. The highest BCUT2D eigenvalue weighted by molar-refractivity contribution is 6.04. The number of hydrogen-bond acceptors (Lipinski definition) is 3. The lowest BCUT2D eigenvalue weighted by molar-refractivity contribution is -0.121. The van der Waals surface area contributed by atoms with Gasteiger partial charge in [-0.25, -0.2) is 0 Å². The molecule has 5 heteroatoms. The number of rotatable bonds is 7. The van der Waals surface area contributed by atoms with E-state index in [1.54, 1.807) is 18.3 Å². The molecule has 0 aliphatic rings. The van der Waals surface area contributed by atoms with E-state index >= 15 is 0 Å². The van der Waals surface area contributed by atoms with Crippen LogP contribution in [0.5, 0.6) is 0 Å². The lowest BCUT2D eigenvalue weighted by Gasteiger charge is -2.18. The number of amides is 2. The van der Waals surface area contributed by atoms with Crippen LogP contribution >= 0.6 is 0 Å². The Hall–Kier alpha value is -4.25. The van der Waals surface area contributed by atoms with E-state index in [1.165, 1.54) is 6.20 Å². The molecule has 4 aromatic rings. The van der Waals surface area contributed by atoms with E-state index in [2.05, 4.69) is 15.6 Å². The highest BCUT2D eigenvalue weighted by atomic mass is 16.2. The Labute approximate surface area is 187 Å². The van der Waals surface area contributed by atoms with Crippen molar-refractivity contribution in [1.29, 1.82) is 0 Å². The molecule has 0 fully saturated rings. The van der Waals surface area contributed by atoms with Crippen molar-refractivity contribution in [2.24, 2.45) is 0 Å². The van der Waals surface area contributed by atoms with Crippen LogP contribution < -0.4 is 10.6 Å². The van der Waals surface area contributed by atoms with E-state index in [1.807, 2.05) is 84.9 Å². The Morgan fingerprint density at radius 1 is 0.781 bits per heavy atom. The van der Waals surface area contributed by atoms with Gasteiger partial charge < -0.3 is 10.6 Å². The van der Waals surface area contributed by atoms with Crippen LogP contribution in [-0.4, -0.2) is 16.8 Å². The summed E-state index contributed by atoms with van der Waals surface area (Å²) in [5, 5.41) is 5.92. The van der Waals surface area contributed by atoms with Crippen LogP contribution in [0.1, 0.15) is 33.0 Å². The Kier molecular flexibility index (Phi) is 6.68. The SMILES string of the molecule is O=C(Nc1cccc(CNC(=O)C(c2ccccc2)c2ccccc2)c1)c1cccnc1. The fourth-order valence-electron chi connectivity index (χ4n) is 3.54. The molecule has 32 heavy (non-hydrogen) atoms. The molecular formula is C27H23N3O2. The van der Waals surface area contributed by atoms with Crippen molar-refractivity contribution in [1.82, 2.24) is 10.3 Å². The van der Waals surface area contributed by atoms with Crippen molar-refractivity contribution in [2.45, 2.75) is 12.5 Å². The maximum absolute atomic E-state index is 13.2. The van der Waals surface area contributed by atoms with Crippen molar-refractivity contribution in [3.63, 3.8) is 0 Å². The predicted molar refractivity (Wildman–Crippen MR) is 125 cm³/mol. The van der Waals surface area contributed by atoms with Crippen LogP contribution in [0.4, 0.5) is 5.69 Å². The van der Waals surface area contributed by atoms with Gasteiger partial charge in [0.05, 0.1) is 11.5 Å². The molecule has 1 aromatic heterocycles. The van der Waals surface area contributed by atoms with E-state index in [0.717, 1.165) is 16.7 Å². The fourth-order valence-corrected chi connectivity index (χ4v) is 3.54. The smallest absolute Gasteiger partial charge is 0.257 e. The molecule has 0 unspecified atom stereocenters. The second-order valence-corrected chi connectivity index (χ2v) is 7.37. The van der Waals surface area contributed by atoms with Gasteiger partial charge in [0.25, 0.3) is 5.91 Å². The van der Waals surface area contributed by atoms with Gasteiger partial charge in [-0.3, -0.25) is 14.6 Å². The monoisotopic (exact) mass is 421 g/mol. The van der Waals surface area contributed by atoms with Crippen molar-refractivity contribution < 1.29 is 9.59 Å². The number of nitrogens with one attached hydrogen (secondary N) is 2. The highest BCUT2D eigenvalue weighted by Gasteiger charge is 2.22. The van der Waals surface area contributed by atoms with Gasteiger partial charge in [0.2, 0.25) is 5.91 Å². The van der Waals surface area contributed by atoms with Crippen LogP contribution in [-0.2, 0) is 11.3 Å². The minimum absolute atomic E-state index is 0.0767. The number of anilines is 1. The van der Waals surface area contributed by atoms with Crippen LogP contribution in [0.2, 0.25) is 0 Å². The minimum atomic E-state index is -0.397. The molecule has 2 amide bonds. The Morgan fingerprint density at radius 2 is 1.47 bits per heavy atom. The zero-order valence-corrected chi connectivity index (χ0v) is 17.4. The summed E-state index contributed by atoms with van der Waals surface area (Å²) in [6.07, 6.45) is 3.14. The Balaban J connectivity index is 1.46. The van der Waals surface area contributed by atoms with Gasteiger partial charge in [0.15, 0.2) is 0 Å². The van der Waals surface area contributed by atoms with Crippen molar-refractivity contribution in [3.05, 3.63) is 132 Å². The molecule has 0 saturated carbocycles. The molecule has 0 radical (unpaired) electrons. The summed E-state index contributed by atoms with van der Waals surface area (Å²) >= 11 is 0. The first-order chi connectivity index (χ1) is 15.7. The molecule has 0 saturated heterocycles. The third-order valence-electron chi connectivity index (χ3n) is 5.10. The fraction of sp³-hybridized carbons (Fsp3) is 0.0741. The lowest BCUT2D eigenvalue weighted by atomic mass is 9.90. The Morgan fingerprint density at radius 3 is 2.09 bits per heavy atom. The first-order valence-electron chi connectivity index (χ1n) is 10.4. The molecule has 0 spiro atoms. The first-order valence-corrected chi connectivity index (χ1v) is 10.4. The molecule has 0 aliphatic carbocycles. The molecule has 4 rings (SSSR count). The number of benzene rings is 3. The van der Waals surface area contributed by atoms with Crippen molar-refractivity contribution >= 4 is 17.5 Å². The Bertz CT molecular complexity index is 1140. The maximum atomic E-state index is 13.2. The third kappa shape index (κ3) is 5.26. The minimum Gasteiger partial charge on any atom is -0.351 e. The van der Waals surface area contributed by atoms with E-state index < -0.39 is 5.92 Å². The summed E-state index contributed by atoms with van der Waals surface area (Å²) in [6, 6.07) is 30.4. The molecule has 158 valence electrons. The second kappa shape index (κ2) is 10.2. The number of carbonyl (C=O) groups excluding carboxylic acids is 2. The average Bonchev–Trinajstić information content (AvgIpc) is 2.85. The summed E-state index contributed by atoms with van der Waals surface area (Å²) in [7, 11) is 0. The van der Waals surface area contributed by atoms with Crippen LogP contribution in [0.15, 0.2) is 109 Å². The topological polar surface area (TPSA) is 71.1 Å². The van der Waals surface area contributed by atoms with Crippen LogP contribution in [0, 0.1) is 0 Å². The third-order valence-corrected chi connectivity index (χ3v) is 5.10. The second-order valence-electron chi connectivity index (χ2n) is 7.37. The van der Waals surface area contributed by atoms with Crippen LogP contribution in [0.3, 0.4) is 0 Å². The van der Waals surface area contributed by atoms with E-state index in [0.29, 0.717) is 17.8 Å². The van der Waals surface area contributed by atoms with Crippen molar-refractivity contribution in [3.8, 4) is 0 Å². The summed E-state index contributed by atoms with van der Waals surface area (Å²) in [6.45, 7) is 0.353. The van der Waals surface area contributed by atoms with Gasteiger partial charge >= 0.3 is 0 Å².